The zero-order valence-electron chi connectivity index (χ0n) is 11.8. The Kier molecular flexibility index (Phi) is 4.25. The second-order valence-corrected chi connectivity index (χ2v) is 5.43. The molecule has 1 aromatic rings. The van der Waals surface area contributed by atoms with Crippen molar-refractivity contribution < 1.29 is 0 Å². The second-order valence-electron chi connectivity index (χ2n) is 5.43. The molecule has 0 aromatic heterocycles. The Morgan fingerprint density at radius 3 is 2.72 bits per heavy atom. The monoisotopic (exact) mass is 247 g/mol. The average molecular weight is 247 g/mol. The molecule has 100 valence electrons. The molecule has 0 radical (unpaired) electrons. The van der Waals surface area contributed by atoms with E-state index >= 15 is 0 Å². The lowest BCUT2D eigenvalue weighted by Gasteiger charge is -2.25. The van der Waals surface area contributed by atoms with Gasteiger partial charge in [0.1, 0.15) is 0 Å². The molecule has 18 heavy (non-hydrogen) atoms. The number of anilines is 1. The van der Waals surface area contributed by atoms with E-state index in [0.29, 0.717) is 6.04 Å². The van der Waals surface area contributed by atoms with E-state index in [1.165, 1.54) is 17.7 Å². The van der Waals surface area contributed by atoms with Crippen LogP contribution in [0, 0.1) is 0 Å². The summed E-state index contributed by atoms with van der Waals surface area (Å²) in [6, 6.07) is 9.41. The van der Waals surface area contributed by atoms with Gasteiger partial charge in [0.05, 0.1) is 0 Å². The molecule has 3 heteroatoms. The van der Waals surface area contributed by atoms with Crippen molar-refractivity contribution in [3.05, 3.63) is 29.8 Å². The maximum Gasteiger partial charge on any atom is 0.0415 e. The first-order chi connectivity index (χ1) is 8.63. The number of nitrogens with two attached hydrogens (primary N) is 1. The predicted molar refractivity (Wildman–Crippen MR) is 78.0 cm³/mol. The maximum atomic E-state index is 6.22. The highest BCUT2D eigenvalue weighted by Gasteiger charge is 2.26. The number of likely N-dealkylation sites (N-methyl/N-ethyl adjacent to an activating group) is 1. The lowest BCUT2D eigenvalue weighted by Crippen LogP contribution is -2.32. The summed E-state index contributed by atoms with van der Waals surface area (Å²) < 4.78 is 0. The van der Waals surface area contributed by atoms with Gasteiger partial charge < -0.3 is 15.5 Å². The van der Waals surface area contributed by atoms with E-state index in [1.807, 2.05) is 0 Å². The zero-order valence-corrected chi connectivity index (χ0v) is 11.8. The quantitative estimate of drug-likeness (QED) is 0.885. The maximum absolute atomic E-state index is 6.22. The van der Waals surface area contributed by atoms with Crippen LogP contribution in [0.4, 0.5) is 5.69 Å². The van der Waals surface area contributed by atoms with Gasteiger partial charge in [0, 0.05) is 30.9 Å². The molecule has 3 nitrogen and oxygen atoms in total. The van der Waals surface area contributed by atoms with Gasteiger partial charge in [-0.1, -0.05) is 25.1 Å². The van der Waals surface area contributed by atoms with Crippen LogP contribution in [-0.4, -0.2) is 38.1 Å². The third kappa shape index (κ3) is 2.68. The third-order valence-corrected chi connectivity index (χ3v) is 4.01. The number of rotatable bonds is 4. The van der Waals surface area contributed by atoms with Crippen molar-refractivity contribution in [2.24, 2.45) is 5.73 Å². The SMILES string of the molecule is CC[C@@H](N)c1ccccc1N1CCC(N(C)C)C1. The van der Waals surface area contributed by atoms with E-state index in [2.05, 4.69) is 55.1 Å². The Labute approximate surface area is 111 Å². The van der Waals surface area contributed by atoms with Gasteiger partial charge in [-0.25, -0.2) is 0 Å². The van der Waals surface area contributed by atoms with Crippen molar-refractivity contribution in [2.75, 3.05) is 32.1 Å². The standard InChI is InChI=1S/C15H25N3/c1-4-14(16)13-7-5-6-8-15(13)18-10-9-12(11-18)17(2)3/h5-8,12,14H,4,9-11,16H2,1-3H3/t12?,14-/m1/s1. The number of hydrogen-bond donors (Lipinski definition) is 1. The molecule has 2 N–H and O–H groups in total. The van der Waals surface area contributed by atoms with Crippen molar-refractivity contribution in [2.45, 2.75) is 31.8 Å². The Morgan fingerprint density at radius 2 is 2.11 bits per heavy atom. The second kappa shape index (κ2) is 5.72. The Bertz CT molecular complexity index is 389. The van der Waals surface area contributed by atoms with Crippen LogP contribution in [0.2, 0.25) is 0 Å². The van der Waals surface area contributed by atoms with Crippen molar-refractivity contribution in [1.29, 1.82) is 0 Å². The minimum atomic E-state index is 0.152. The van der Waals surface area contributed by atoms with E-state index in [-0.39, 0.29) is 6.04 Å². The molecule has 0 bridgehead atoms. The molecule has 1 aliphatic rings. The van der Waals surface area contributed by atoms with Crippen LogP contribution in [0.3, 0.4) is 0 Å². The molecule has 1 saturated heterocycles. The summed E-state index contributed by atoms with van der Waals surface area (Å²) in [6.45, 7) is 4.39. The van der Waals surface area contributed by atoms with Gasteiger partial charge in [-0.3, -0.25) is 0 Å². The third-order valence-electron chi connectivity index (χ3n) is 4.01. The van der Waals surface area contributed by atoms with E-state index in [0.717, 1.165) is 19.5 Å². The highest BCUT2D eigenvalue weighted by atomic mass is 15.2. The Morgan fingerprint density at radius 1 is 1.39 bits per heavy atom. The van der Waals surface area contributed by atoms with E-state index < -0.39 is 0 Å². The van der Waals surface area contributed by atoms with Gasteiger partial charge in [-0.2, -0.15) is 0 Å². The van der Waals surface area contributed by atoms with Crippen molar-refractivity contribution in [1.82, 2.24) is 4.90 Å². The van der Waals surface area contributed by atoms with Crippen LogP contribution in [-0.2, 0) is 0 Å². The van der Waals surface area contributed by atoms with Crippen molar-refractivity contribution >= 4 is 5.69 Å². The molecule has 0 aliphatic carbocycles. The van der Waals surface area contributed by atoms with Gasteiger partial charge >= 0.3 is 0 Å². The Hall–Kier alpha value is -1.06. The summed E-state index contributed by atoms with van der Waals surface area (Å²) in [5.74, 6) is 0. The first kappa shape index (κ1) is 13.4. The van der Waals surface area contributed by atoms with E-state index in [4.69, 9.17) is 5.73 Å². The molecule has 0 saturated carbocycles. The minimum absolute atomic E-state index is 0.152. The lowest BCUT2D eigenvalue weighted by molar-refractivity contribution is 0.315. The van der Waals surface area contributed by atoms with E-state index in [1.54, 1.807) is 0 Å². The highest BCUT2D eigenvalue weighted by molar-refractivity contribution is 5.55. The molecular weight excluding hydrogens is 222 g/mol. The zero-order chi connectivity index (χ0) is 13.1. The molecule has 1 aromatic carbocycles. The molecule has 2 atom stereocenters. The largest absolute Gasteiger partial charge is 0.370 e. The van der Waals surface area contributed by atoms with Crippen LogP contribution in [0.1, 0.15) is 31.4 Å². The topological polar surface area (TPSA) is 32.5 Å². The number of hydrogen-bond acceptors (Lipinski definition) is 3. The highest BCUT2D eigenvalue weighted by Crippen LogP contribution is 2.30. The van der Waals surface area contributed by atoms with Crippen LogP contribution < -0.4 is 10.6 Å². The Balaban J connectivity index is 2.19. The fourth-order valence-electron chi connectivity index (χ4n) is 2.69. The fraction of sp³-hybridized carbons (Fsp3) is 0.600. The normalized spacial score (nSPS) is 21.6. The van der Waals surface area contributed by atoms with Crippen molar-refractivity contribution in [3.8, 4) is 0 Å². The average Bonchev–Trinajstić information content (AvgIpc) is 2.87. The molecule has 0 amide bonds. The van der Waals surface area contributed by atoms with Gasteiger partial charge in [-0.15, -0.1) is 0 Å². The summed E-state index contributed by atoms with van der Waals surface area (Å²) in [5, 5.41) is 0. The first-order valence-corrected chi connectivity index (χ1v) is 6.89. The van der Waals surface area contributed by atoms with Gasteiger partial charge in [0.15, 0.2) is 0 Å². The molecule has 1 fully saturated rings. The van der Waals surface area contributed by atoms with Gasteiger partial charge in [-0.05, 0) is 38.6 Å². The smallest absolute Gasteiger partial charge is 0.0415 e. The van der Waals surface area contributed by atoms with Crippen LogP contribution in [0.5, 0.6) is 0 Å². The fourth-order valence-corrected chi connectivity index (χ4v) is 2.69. The summed E-state index contributed by atoms with van der Waals surface area (Å²) in [7, 11) is 4.33. The number of benzene rings is 1. The number of para-hydroxylation sites is 1. The summed E-state index contributed by atoms with van der Waals surface area (Å²) in [5.41, 5.74) is 8.84. The minimum Gasteiger partial charge on any atom is -0.370 e. The molecule has 1 heterocycles. The molecule has 0 spiro atoms. The van der Waals surface area contributed by atoms with Crippen LogP contribution in [0.25, 0.3) is 0 Å². The predicted octanol–water partition coefficient (Wildman–Crippen LogP) is 2.24. The molecule has 1 unspecified atom stereocenters. The van der Waals surface area contributed by atoms with Crippen LogP contribution in [0.15, 0.2) is 24.3 Å². The first-order valence-electron chi connectivity index (χ1n) is 6.89. The van der Waals surface area contributed by atoms with E-state index in [9.17, 15) is 0 Å². The molecule has 2 rings (SSSR count). The summed E-state index contributed by atoms with van der Waals surface area (Å²) >= 11 is 0. The summed E-state index contributed by atoms with van der Waals surface area (Å²) in [4.78, 5) is 4.80. The van der Waals surface area contributed by atoms with Crippen LogP contribution >= 0.6 is 0 Å². The summed E-state index contributed by atoms with van der Waals surface area (Å²) in [6.07, 6.45) is 2.23. The van der Waals surface area contributed by atoms with Gasteiger partial charge in [0.25, 0.3) is 0 Å². The van der Waals surface area contributed by atoms with Gasteiger partial charge in [0.2, 0.25) is 0 Å². The lowest BCUT2D eigenvalue weighted by atomic mass is 10.0. The molecular formula is C15H25N3. The number of nitrogens with zero attached hydrogens (tertiary/aromatic N) is 2. The van der Waals surface area contributed by atoms with Crippen molar-refractivity contribution in [3.63, 3.8) is 0 Å². The molecule has 1 aliphatic heterocycles.